The quantitative estimate of drug-likeness (QED) is 0.357. The zero-order valence-corrected chi connectivity index (χ0v) is 17.1. The van der Waals surface area contributed by atoms with Gasteiger partial charge in [0.2, 0.25) is 0 Å². The monoisotopic (exact) mass is 420 g/mol. The van der Waals surface area contributed by atoms with Crippen LogP contribution in [0, 0.1) is 5.41 Å². The molecule has 160 valence electrons. The Labute approximate surface area is 179 Å². The summed E-state index contributed by atoms with van der Waals surface area (Å²) < 4.78 is 6.82. The molecule has 10 nitrogen and oxygen atoms in total. The van der Waals surface area contributed by atoms with Gasteiger partial charge >= 0.3 is 6.03 Å². The van der Waals surface area contributed by atoms with Gasteiger partial charge in [0.15, 0.2) is 0 Å². The number of nitrogens with zero attached hydrogens (tertiary/aromatic N) is 4. The second-order valence-electron chi connectivity index (χ2n) is 7.16. The highest BCUT2D eigenvalue weighted by Gasteiger charge is 2.20. The molecule has 0 saturated heterocycles. The van der Waals surface area contributed by atoms with Gasteiger partial charge in [0.25, 0.3) is 0 Å². The van der Waals surface area contributed by atoms with E-state index >= 15 is 0 Å². The number of nitrogens with one attached hydrogen (secondary N) is 4. The van der Waals surface area contributed by atoms with E-state index in [-0.39, 0.29) is 12.1 Å². The first-order valence-corrected chi connectivity index (χ1v) is 9.95. The van der Waals surface area contributed by atoms with Crippen molar-refractivity contribution in [1.29, 1.82) is 5.41 Å². The van der Waals surface area contributed by atoms with Crippen molar-refractivity contribution in [3.8, 4) is 0 Å². The Morgan fingerprint density at radius 2 is 2.19 bits per heavy atom. The summed E-state index contributed by atoms with van der Waals surface area (Å²) in [6, 6.07) is 10.7. The lowest BCUT2D eigenvalue weighted by Gasteiger charge is -2.20. The zero-order chi connectivity index (χ0) is 21.6. The highest BCUT2D eigenvalue weighted by atomic mass is 16.5. The predicted octanol–water partition coefficient (Wildman–Crippen LogP) is 2.20. The van der Waals surface area contributed by atoms with Crippen LogP contribution in [0.4, 0.5) is 16.3 Å². The van der Waals surface area contributed by atoms with Crippen molar-refractivity contribution in [2.75, 3.05) is 30.9 Å². The molecule has 1 unspecified atom stereocenters. The molecule has 1 aliphatic rings. The van der Waals surface area contributed by atoms with E-state index in [1.807, 2.05) is 36.5 Å². The van der Waals surface area contributed by atoms with E-state index in [9.17, 15) is 4.79 Å². The third kappa shape index (κ3) is 4.86. The van der Waals surface area contributed by atoms with Gasteiger partial charge in [-0.15, -0.1) is 5.10 Å². The second-order valence-corrected chi connectivity index (χ2v) is 7.16. The van der Waals surface area contributed by atoms with Crippen LogP contribution in [0.25, 0.3) is 0 Å². The van der Waals surface area contributed by atoms with E-state index in [1.165, 1.54) is 6.21 Å². The number of rotatable bonds is 6. The van der Waals surface area contributed by atoms with Gasteiger partial charge in [-0.2, -0.15) is 0 Å². The minimum absolute atomic E-state index is 0.276. The van der Waals surface area contributed by atoms with Crippen molar-refractivity contribution in [2.24, 2.45) is 0 Å². The van der Waals surface area contributed by atoms with Crippen LogP contribution in [0.1, 0.15) is 28.6 Å². The molecule has 2 amide bonds. The van der Waals surface area contributed by atoms with E-state index < -0.39 is 0 Å². The average Bonchev–Trinajstić information content (AvgIpc) is 3.21. The topological polar surface area (TPSA) is 130 Å². The fourth-order valence-electron chi connectivity index (χ4n) is 3.51. The van der Waals surface area contributed by atoms with Crippen LogP contribution >= 0.6 is 0 Å². The predicted molar refractivity (Wildman–Crippen MR) is 117 cm³/mol. The van der Waals surface area contributed by atoms with Gasteiger partial charge in [0.1, 0.15) is 5.82 Å². The van der Waals surface area contributed by atoms with Crippen molar-refractivity contribution in [2.45, 2.75) is 19.0 Å². The van der Waals surface area contributed by atoms with Crippen LogP contribution in [0.3, 0.4) is 0 Å². The lowest BCUT2D eigenvalue weighted by Crippen LogP contribution is -2.34. The molecular formula is C21H24N8O2. The smallest absolute Gasteiger partial charge is 0.320 e. The number of anilines is 2. The van der Waals surface area contributed by atoms with E-state index in [4.69, 9.17) is 10.1 Å². The number of ether oxygens (including phenoxy) is 1. The lowest BCUT2D eigenvalue weighted by atomic mass is 10.0. The maximum Gasteiger partial charge on any atom is 0.320 e. The number of hydrogen-bond donors (Lipinski definition) is 4. The fraction of sp³-hybridized carbons (Fsp3) is 0.286. The first kappa shape index (κ1) is 20.5. The molecule has 0 aliphatic carbocycles. The summed E-state index contributed by atoms with van der Waals surface area (Å²) in [7, 11) is 1.63. The standard InChI is InChI=1S/C21H24N8O2/c1-31-8-7-23-20-15(11-22)9-19-24-18(20)13-29-12-16(27-28-29)10-17(25-21(30)26-19)14-5-3-2-4-6-14/h2-6,9,11-12,17,22-23H,7-8,10,13H2,1H3,(H2,24,25,26,30). The van der Waals surface area contributed by atoms with E-state index in [1.54, 1.807) is 17.9 Å². The Hall–Kier alpha value is -3.79. The molecule has 3 heterocycles. The van der Waals surface area contributed by atoms with Gasteiger partial charge in [0, 0.05) is 38.1 Å². The minimum Gasteiger partial charge on any atom is -0.383 e. The first-order valence-electron chi connectivity index (χ1n) is 9.95. The van der Waals surface area contributed by atoms with Crippen molar-refractivity contribution < 1.29 is 9.53 Å². The molecule has 4 bridgehead atoms. The van der Waals surface area contributed by atoms with Crippen LogP contribution in [-0.4, -0.2) is 52.5 Å². The average molecular weight is 420 g/mol. The maximum absolute atomic E-state index is 12.8. The molecule has 10 heteroatoms. The van der Waals surface area contributed by atoms with Crippen LogP contribution in [0.15, 0.2) is 42.6 Å². The summed E-state index contributed by atoms with van der Waals surface area (Å²) >= 11 is 0. The van der Waals surface area contributed by atoms with E-state index in [0.717, 1.165) is 11.3 Å². The third-order valence-corrected chi connectivity index (χ3v) is 4.95. The van der Waals surface area contributed by atoms with Gasteiger partial charge in [-0.25, -0.2) is 14.5 Å². The number of benzene rings is 1. The zero-order valence-electron chi connectivity index (χ0n) is 17.1. The molecule has 1 aliphatic heterocycles. The Morgan fingerprint density at radius 1 is 1.35 bits per heavy atom. The summed E-state index contributed by atoms with van der Waals surface area (Å²) in [5.41, 5.74) is 3.68. The number of aromatic nitrogens is 4. The molecular weight excluding hydrogens is 396 g/mol. The third-order valence-electron chi connectivity index (χ3n) is 4.95. The number of fused-ring (bicyclic) bond motifs is 4. The summed E-state index contributed by atoms with van der Waals surface area (Å²) in [4.78, 5) is 17.4. The maximum atomic E-state index is 12.8. The van der Waals surface area contributed by atoms with Crippen molar-refractivity contribution in [3.63, 3.8) is 0 Å². The molecule has 1 aromatic carbocycles. The van der Waals surface area contributed by atoms with Gasteiger partial charge < -0.3 is 20.8 Å². The normalized spacial score (nSPS) is 15.8. The highest BCUT2D eigenvalue weighted by molar-refractivity contribution is 5.92. The van der Waals surface area contributed by atoms with Gasteiger partial charge in [0.05, 0.1) is 36.3 Å². The van der Waals surface area contributed by atoms with Crippen LogP contribution in [-0.2, 0) is 17.7 Å². The molecule has 31 heavy (non-hydrogen) atoms. The summed E-state index contributed by atoms with van der Waals surface area (Å²) in [5.74, 6) is 0.357. The molecule has 2 aromatic heterocycles. The number of carbonyl (C=O) groups excluding carboxylic acids is 1. The van der Waals surface area contributed by atoms with Gasteiger partial charge in [-0.1, -0.05) is 35.5 Å². The summed E-state index contributed by atoms with van der Waals surface area (Å²) in [6.07, 6.45) is 3.59. The Bertz CT molecular complexity index is 1070. The molecule has 4 N–H and O–H groups in total. The molecule has 1 atom stereocenters. The minimum atomic E-state index is -0.378. The molecule has 0 saturated carbocycles. The molecule has 0 spiro atoms. The van der Waals surface area contributed by atoms with Crippen molar-refractivity contribution >= 4 is 23.8 Å². The number of amides is 2. The fourth-order valence-corrected chi connectivity index (χ4v) is 3.51. The van der Waals surface area contributed by atoms with E-state index in [2.05, 4.69) is 31.2 Å². The van der Waals surface area contributed by atoms with Crippen LogP contribution in [0.5, 0.6) is 0 Å². The van der Waals surface area contributed by atoms with Crippen molar-refractivity contribution in [1.82, 2.24) is 25.3 Å². The first-order chi connectivity index (χ1) is 15.2. The number of methoxy groups -OCH3 is 1. The molecule has 3 aromatic rings. The van der Waals surface area contributed by atoms with Crippen molar-refractivity contribution in [3.05, 3.63) is 65.1 Å². The number of carbonyl (C=O) groups is 1. The van der Waals surface area contributed by atoms with Gasteiger partial charge in [-0.3, -0.25) is 5.32 Å². The molecule has 0 fully saturated rings. The van der Waals surface area contributed by atoms with Crippen LogP contribution < -0.4 is 16.0 Å². The highest BCUT2D eigenvalue weighted by Crippen LogP contribution is 2.24. The second kappa shape index (κ2) is 9.35. The van der Waals surface area contributed by atoms with Gasteiger partial charge in [-0.05, 0) is 11.6 Å². The lowest BCUT2D eigenvalue weighted by molar-refractivity contribution is 0.210. The Kier molecular flexibility index (Phi) is 6.18. The number of pyridine rings is 1. The SMILES string of the molecule is COCCNc1c(C=N)cc2nc1Cn1cc(nn1)CC(c1ccccc1)NC(=O)N2. The summed E-state index contributed by atoms with van der Waals surface area (Å²) in [5, 5.41) is 25.4. The number of hydrogen-bond acceptors (Lipinski definition) is 7. The number of urea groups is 1. The molecule has 4 rings (SSSR count). The Balaban J connectivity index is 1.71. The largest absolute Gasteiger partial charge is 0.383 e. The van der Waals surface area contributed by atoms with E-state index in [0.29, 0.717) is 48.9 Å². The van der Waals surface area contributed by atoms with Crippen LogP contribution in [0.2, 0.25) is 0 Å². The summed E-state index contributed by atoms with van der Waals surface area (Å²) in [6.45, 7) is 1.41. The Morgan fingerprint density at radius 3 is 2.97 bits per heavy atom. The molecule has 0 radical (unpaired) electrons.